The highest BCUT2D eigenvalue weighted by molar-refractivity contribution is 7.14. The third kappa shape index (κ3) is 5.01. The second-order valence-corrected chi connectivity index (χ2v) is 15.3. The Hall–Kier alpha value is -3.13. The number of amides is 1. The van der Waals surface area contributed by atoms with E-state index >= 15 is 0 Å². The summed E-state index contributed by atoms with van der Waals surface area (Å²) in [6.07, 6.45) is 1.44. The summed E-state index contributed by atoms with van der Waals surface area (Å²) in [6, 6.07) is 7.15. The van der Waals surface area contributed by atoms with E-state index < -0.39 is 14.2 Å². The molecule has 8 nitrogen and oxygen atoms in total. The number of benzene rings is 1. The topological polar surface area (TPSA) is 124 Å². The van der Waals surface area contributed by atoms with Crippen molar-refractivity contribution in [3.05, 3.63) is 46.2 Å². The number of rotatable bonds is 7. The zero-order valence-electron chi connectivity index (χ0n) is 20.5. The monoisotopic (exact) mass is 495 g/mol. The van der Waals surface area contributed by atoms with Gasteiger partial charge in [0.25, 0.3) is 5.91 Å². The molecule has 2 aromatic heterocycles. The summed E-state index contributed by atoms with van der Waals surface area (Å²) in [5.41, 5.74) is 8.71. The van der Waals surface area contributed by atoms with Crippen LogP contribution in [0.25, 0.3) is 21.7 Å². The summed E-state index contributed by atoms with van der Waals surface area (Å²) in [5.74, 6) is -0.140. The maximum Gasteiger partial charge on any atom is 0.250 e. The number of carbonyl (C=O) groups excluding carboxylic acids is 1. The molecule has 0 saturated carbocycles. The molecule has 0 atom stereocenters. The van der Waals surface area contributed by atoms with Crippen LogP contribution in [0.5, 0.6) is 5.75 Å². The van der Waals surface area contributed by atoms with Crippen molar-refractivity contribution in [2.75, 3.05) is 7.11 Å². The Morgan fingerprint density at radius 2 is 1.94 bits per heavy atom. The molecule has 0 saturated heterocycles. The largest absolute Gasteiger partial charge is 0.496 e. The minimum atomic E-state index is -1.96. The van der Waals surface area contributed by atoms with Gasteiger partial charge in [-0.25, -0.2) is 0 Å². The predicted octanol–water partition coefficient (Wildman–Crippen LogP) is 5.08. The number of hydrogen-bond acceptors (Lipinski definition) is 8. The van der Waals surface area contributed by atoms with Crippen LogP contribution in [0.1, 0.15) is 47.4 Å². The average Bonchev–Trinajstić information content (AvgIpc) is 3.24. The van der Waals surface area contributed by atoms with Gasteiger partial charge in [0.15, 0.2) is 8.32 Å². The van der Waals surface area contributed by atoms with E-state index in [1.807, 2.05) is 6.92 Å². The molecule has 0 unspecified atom stereocenters. The van der Waals surface area contributed by atoms with Gasteiger partial charge in [-0.2, -0.15) is 5.26 Å². The van der Waals surface area contributed by atoms with E-state index in [-0.39, 0.29) is 10.6 Å². The number of pyridine rings is 1. The molecule has 0 aliphatic heterocycles. The number of primary amides is 1. The highest BCUT2D eigenvalue weighted by Gasteiger charge is 2.37. The van der Waals surface area contributed by atoms with Gasteiger partial charge in [-0.05, 0) is 43.3 Å². The van der Waals surface area contributed by atoms with Gasteiger partial charge in [-0.15, -0.1) is 10.2 Å². The summed E-state index contributed by atoms with van der Waals surface area (Å²) in [7, 11) is -0.429. The molecule has 3 aromatic rings. The van der Waals surface area contributed by atoms with Crippen molar-refractivity contribution >= 4 is 25.6 Å². The van der Waals surface area contributed by atoms with E-state index in [0.717, 1.165) is 5.01 Å². The Morgan fingerprint density at radius 1 is 1.24 bits per heavy atom. The summed E-state index contributed by atoms with van der Waals surface area (Å²) >= 11 is 1.38. The lowest BCUT2D eigenvalue weighted by molar-refractivity contribution is 0.100. The first-order chi connectivity index (χ1) is 15.9. The van der Waals surface area contributed by atoms with Crippen LogP contribution in [0.15, 0.2) is 24.4 Å². The van der Waals surface area contributed by atoms with Crippen molar-refractivity contribution < 1.29 is 14.0 Å². The lowest BCUT2D eigenvalue weighted by atomic mass is 9.92. The number of ether oxygens (including phenoxy) is 1. The quantitative estimate of drug-likeness (QED) is 0.453. The Morgan fingerprint density at radius 3 is 2.53 bits per heavy atom. The molecule has 2 heterocycles. The molecule has 0 aliphatic carbocycles. The molecule has 10 heteroatoms. The van der Waals surface area contributed by atoms with Crippen molar-refractivity contribution in [1.82, 2.24) is 15.2 Å². The van der Waals surface area contributed by atoms with Crippen LogP contribution < -0.4 is 10.5 Å². The van der Waals surface area contributed by atoms with E-state index in [1.165, 1.54) is 24.6 Å². The minimum absolute atomic E-state index is 0.0757. The van der Waals surface area contributed by atoms with Gasteiger partial charge in [-0.1, -0.05) is 32.1 Å². The van der Waals surface area contributed by atoms with E-state index in [1.54, 1.807) is 18.2 Å². The van der Waals surface area contributed by atoms with Crippen LogP contribution in [0.3, 0.4) is 0 Å². The zero-order chi connectivity index (χ0) is 25.3. The molecular weight excluding hydrogens is 466 g/mol. The summed E-state index contributed by atoms with van der Waals surface area (Å²) in [4.78, 5) is 16.8. The second-order valence-electron chi connectivity index (χ2n) is 9.45. The van der Waals surface area contributed by atoms with Gasteiger partial charge in [0, 0.05) is 28.6 Å². The molecule has 178 valence electrons. The SMILES string of the molecule is COc1ccc(C#N)cc1-c1c(C(N)=O)cnc(C)c1-c1nnc(CO[Si](C)(C)C(C)(C)C)s1. The number of methoxy groups -OCH3 is 1. The summed E-state index contributed by atoms with van der Waals surface area (Å²) in [5, 5.41) is 19.6. The smallest absolute Gasteiger partial charge is 0.250 e. The number of nitrogens with zero attached hydrogens (tertiary/aromatic N) is 4. The average molecular weight is 496 g/mol. The third-order valence-corrected chi connectivity index (χ3v) is 11.6. The first kappa shape index (κ1) is 25.5. The second kappa shape index (κ2) is 9.62. The highest BCUT2D eigenvalue weighted by Crippen LogP contribution is 2.42. The first-order valence-electron chi connectivity index (χ1n) is 10.7. The third-order valence-electron chi connectivity index (χ3n) is 6.18. The van der Waals surface area contributed by atoms with Crippen molar-refractivity contribution in [2.45, 2.75) is 52.4 Å². The van der Waals surface area contributed by atoms with E-state index in [2.05, 4.69) is 55.1 Å². The normalized spacial score (nSPS) is 11.8. The van der Waals surface area contributed by atoms with Crippen LogP contribution in [0, 0.1) is 18.3 Å². The standard InChI is InChI=1S/C24H29N5O3SSi/c1-14-20(23-29-28-19(33-23)13-32-34(6,7)24(2,3)4)21(17(12-27-14)22(26)30)16-10-15(11-25)8-9-18(16)31-5/h8-10,12H,13H2,1-7H3,(H2,26,30). The first-order valence-corrected chi connectivity index (χ1v) is 14.5. The molecule has 0 bridgehead atoms. The number of hydrogen-bond donors (Lipinski definition) is 1. The van der Waals surface area contributed by atoms with E-state index in [0.29, 0.717) is 45.3 Å². The highest BCUT2D eigenvalue weighted by atomic mass is 32.1. The maximum absolute atomic E-state index is 12.4. The lowest BCUT2D eigenvalue weighted by Crippen LogP contribution is -2.40. The molecule has 0 fully saturated rings. The molecule has 3 rings (SSSR count). The molecule has 34 heavy (non-hydrogen) atoms. The Bertz CT molecular complexity index is 1270. The van der Waals surface area contributed by atoms with Crippen LogP contribution >= 0.6 is 11.3 Å². The van der Waals surface area contributed by atoms with Crippen molar-refractivity contribution in [2.24, 2.45) is 5.73 Å². The minimum Gasteiger partial charge on any atom is -0.496 e. The van der Waals surface area contributed by atoms with E-state index in [4.69, 9.17) is 14.9 Å². The predicted molar refractivity (Wildman–Crippen MR) is 135 cm³/mol. The maximum atomic E-state index is 12.4. The molecular formula is C24H29N5O3SSi. The van der Waals surface area contributed by atoms with Gasteiger partial charge < -0.3 is 14.9 Å². The zero-order valence-corrected chi connectivity index (χ0v) is 22.3. The fourth-order valence-corrected chi connectivity index (χ4v) is 5.07. The molecule has 1 amide bonds. The van der Waals surface area contributed by atoms with Crippen molar-refractivity contribution in [1.29, 1.82) is 5.26 Å². The van der Waals surface area contributed by atoms with Crippen molar-refractivity contribution in [3.8, 4) is 33.5 Å². The summed E-state index contributed by atoms with van der Waals surface area (Å²) < 4.78 is 11.9. The van der Waals surface area contributed by atoms with Crippen LogP contribution in [0.4, 0.5) is 0 Å². The molecule has 0 aliphatic rings. The summed E-state index contributed by atoms with van der Waals surface area (Å²) in [6.45, 7) is 13.1. The van der Waals surface area contributed by atoms with Gasteiger partial charge in [0.05, 0.1) is 30.9 Å². The Balaban J connectivity index is 2.16. The number of nitrogens with two attached hydrogens (primary N) is 1. The lowest BCUT2D eigenvalue weighted by Gasteiger charge is -2.35. The fraction of sp³-hybridized carbons (Fsp3) is 0.375. The van der Waals surface area contributed by atoms with Crippen molar-refractivity contribution in [3.63, 3.8) is 0 Å². The van der Waals surface area contributed by atoms with Crippen LogP contribution in [-0.4, -0.2) is 36.5 Å². The number of aryl methyl sites for hydroxylation is 1. The van der Waals surface area contributed by atoms with Gasteiger partial charge in [0.1, 0.15) is 15.8 Å². The molecule has 2 N–H and O–H groups in total. The van der Waals surface area contributed by atoms with Gasteiger partial charge in [-0.3, -0.25) is 9.78 Å². The molecule has 0 radical (unpaired) electrons. The van der Waals surface area contributed by atoms with Gasteiger partial charge >= 0.3 is 0 Å². The number of aromatic nitrogens is 3. The molecule has 0 spiro atoms. The number of carbonyl (C=O) groups is 1. The van der Waals surface area contributed by atoms with Crippen LogP contribution in [0.2, 0.25) is 18.1 Å². The van der Waals surface area contributed by atoms with Crippen LogP contribution in [-0.2, 0) is 11.0 Å². The molecule has 1 aromatic carbocycles. The Labute approximate surface area is 204 Å². The van der Waals surface area contributed by atoms with Gasteiger partial charge in [0.2, 0.25) is 0 Å². The Kier molecular flexibility index (Phi) is 7.21. The van der Waals surface area contributed by atoms with E-state index in [9.17, 15) is 10.1 Å². The fourth-order valence-electron chi connectivity index (χ4n) is 3.18. The number of nitriles is 1.